The highest BCUT2D eigenvalue weighted by molar-refractivity contribution is 6.02. The maximum absolute atomic E-state index is 13.1. The third-order valence-corrected chi connectivity index (χ3v) is 5.76. The van der Waals surface area contributed by atoms with Gasteiger partial charge >= 0.3 is 6.03 Å². The van der Waals surface area contributed by atoms with Gasteiger partial charge in [0.1, 0.15) is 5.82 Å². The standard InChI is InChI=1S/C24H26N6O/c31-24(28-22-9-1-2-12-26-22)30-16-6-13-25-21-11-10-20(27-23(21)30)18-7-5-8-19(17-18)29-14-3-4-15-29/h1-2,5,7-12,17,25H,3-4,6,13-16H2,(H,26,28,31). The van der Waals surface area contributed by atoms with E-state index in [0.29, 0.717) is 18.2 Å². The maximum Gasteiger partial charge on any atom is 0.328 e. The maximum atomic E-state index is 13.1. The zero-order valence-corrected chi connectivity index (χ0v) is 17.4. The summed E-state index contributed by atoms with van der Waals surface area (Å²) in [6, 6.07) is 17.8. The first-order valence-electron chi connectivity index (χ1n) is 10.9. The predicted molar refractivity (Wildman–Crippen MR) is 125 cm³/mol. The van der Waals surface area contributed by atoms with E-state index in [1.807, 2.05) is 24.3 Å². The van der Waals surface area contributed by atoms with Gasteiger partial charge in [-0.2, -0.15) is 0 Å². The highest BCUT2D eigenvalue weighted by Crippen LogP contribution is 2.32. The van der Waals surface area contributed by atoms with Crippen LogP contribution in [0.15, 0.2) is 60.8 Å². The van der Waals surface area contributed by atoms with Crippen LogP contribution in [-0.4, -0.2) is 42.2 Å². The molecule has 7 nitrogen and oxygen atoms in total. The van der Waals surface area contributed by atoms with Crippen LogP contribution in [0.1, 0.15) is 19.3 Å². The Morgan fingerprint density at radius 1 is 0.968 bits per heavy atom. The number of fused-ring (bicyclic) bond motifs is 1. The molecule has 1 fully saturated rings. The largest absolute Gasteiger partial charge is 0.382 e. The lowest BCUT2D eigenvalue weighted by molar-refractivity contribution is 0.256. The molecule has 0 atom stereocenters. The number of urea groups is 1. The van der Waals surface area contributed by atoms with Gasteiger partial charge in [-0.05, 0) is 55.7 Å². The molecule has 1 saturated heterocycles. The fourth-order valence-corrected chi connectivity index (χ4v) is 4.17. The number of nitrogens with zero attached hydrogens (tertiary/aromatic N) is 4. The molecule has 0 radical (unpaired) electrons. The third-order valence-electron chi connectivity index (χ3n) is 5.76. The first kappa shape index (κ1) is 19.4. The molecule has 4 heterocycles. The normalized spacial score (nSPS) is 15.7. The Kier molecular flexibility index (Phi) is 5.39. The van der Waals surface area contributed by atoms with Crippen LogP contribution < -0.4 is 20.4 Å². The van der Waals surface area contributed by atoms with Crippen molar-refractivity contribution in [2.75, 3.05) is 46.6 Å². The van der Waals surface area contributed by atoms with Crippen LogP contribution in [0.3, 0.4) is 0 Å². The monoisotopic (exact) mass is 414 g/mol. The van der Waals surface area contributed by atoms with Gasteiger partial charge in [0.25, 0.3) is 0 Å². The molecule has 2 amide bonds. The van der Waals surface area contributed by atoms with Crippen LogP contribution in [0.4, 0.5) is 27.8 Å². The summed E-state index contributed by atoms with van der Waals surface area (Å²) in [4.78, 5) is 26.3. The average molecular weight is 415 g/mol. The molecule has 31 heavy (non-hydrogen) atoms. The smallest absolute Gasteiger partial charge is 0.328 e. The fourth-order valence-electron chi connectivity index (χ4n) is 4.17. The lowest BCUT2D eigenvalue weighted by atomic mass is 10.1. The van der Waals surface area contributed by atoms with E-state index in [2.05, 4.69) is 44.8 Å². The summed E-state index contributed by atoms with van der Waals surface area (Å²) in [6.07, 6.45) is 4.99. The summed E-state index contributed by atoms with van der Waals surface area (Å²) in [7, 11) is 0. The molecule has 0 spiro atoms. The van der Waals surface area contributed by atoms with Gasteiger partial charge in [0, 0.05) is 43.6 Å². The van der Waals surface area contributed by atoms with Crippen molar-refractivity contribution in [3.63, 3.8) is 0 Å². The van der Waals surface area contributed by atoms with Crippen molar-refractivity contribution in [3.05, 3.63) is 60.8 Å². The number of hydrogen-bond donors (Lipinski definition) is 2. The van der Waals surface area contributed by atoms with Crippen molar-refractivity contribution in [2.45, 2.75) is 19.3 Å². The molecule has 0 bridgehead atoms. The van der Waals surface area contributed by atoms with Crippen molar-refractivity contribution in [1.82, 2.24) is 9.97 Å². The van der Waals surface area contributed by atoms with Crippen LogP contribution in [-0.2, 0) is 0 Å². The van der Waals surface area contributed by atoms with Gasteiger partial charge in [-0.15, -0.1) is 0 Å². The minimum atomic E-state index is -0.223. The quantitative estimate of drug-likeness (QED) is 0.655. The molecule has 2 aliphatic heterocycles. The van der Waals surface area contributed by atoms with Gasteiger partial charge in [-0.25, -0.2) is 14.8 Å². The number of hydrogen-bond acceptors (Lipinski definition) is 5. The van der Waals surface area contributed by atoms with Crippen LogP contribution in [0.5, 0.6) is 0 Å². The minimum Gasteiger partial charge on any atom is -0.382 e. The molecule has 158 valence electrons. The molecule has 0 unspecified atom stereocenters. The number of rotatable bonds is 3. The van der Waals surface area contributed by atoms with E-state index in [1.54, 1.807) is 17.2 Å². The minimum absolute atomic E-state index is 0.223. The summed E-state index contributed by atoms with van der Waals surface area (Å²) in [6.45, 7) is 3.59. The van der Waals surface area contributed by atoms with Crippen molar-refractivity contribution >= 4 is 29.0 Å². The second-order valence-electron chi connectivity index (χ2n) is 7.89. The molecule has 0 saturated carbocycles. The van der Waals surface area contributed by atoms with Crippen LogP contribution in [0.2, 0.25) is 0 Å². The summed E-state index contributed by atoms with van der Waals surface area (Å²) in [5.41, 5.74) is 4.02. The number of carbonyl (C=O) groups excluding carboxylic acids is 1. The molecular formula is C24H26N6O. The zero-order chi connectivity index (χ0) is 21.0. The number of amides is 2. The SMILES string of the molecule is O=C(Nc1ccccn1)N1CCCNc2ccc(-c3cccc(N4CCCC4)c3)nc21. The molecule has 2 aromatic heterocycles. The summed E-state index contributed by atoms with van der Waals surface area (Å²) in [5.74, 6) is 1.18. The Morgan fingerprint density at radius 3 is 2.71 bits per heavy atom. The van der Waals surface area contributed by atoms with Crippen LogP contribution >= 0.6 is 0 Å². The van der Waals surface area contributed by atoms with Gasteiger partial charge in [-0.3, -0.25) is 10.2 Å². The number of anilines is 4. The van der Waals surface area contributed by atoms with E-state index < -0.39 is 0 Å². The lowest BCUT2D eigenvalue weighted by Crippen LogP contribution is -2.36. The lowest BCUT2D eigenvalue weighted by Gasteiger charge is -2.22. The second kappa shape index (κ2) is 8.63. The first-order chi connectivity index (χ1) is 15.3. The highest BCUT2D eigenvalue weighted by atomic mass is 16.2. The number of benzene rings is 1. The fraction of sp³-hybridized carbons (Fsp3) is 0.292. The van der Waals surface area contributed by atoms with Gasteiger partial charge in [0.15, 0.2) is 5.82 Å². The van der Waals surface area contributed by atoms with Crippen molar-refractivity contribution in [2.24, 2.45) is 0 Å². The molecule has 0 aliphatic carbocycles. The van der Waals surface area contributed by atoms with Crippen LogP contribution in [0.25, 0.3) is 11.3 Å². The van der Waals surface area contributed by atoms with E-state index in [-0.39, 0.29) is 6.03 Å². The zero-order valence-electron chi connectivity index (χ0n) is 17.4. The van der Waals surface area contributed by atoms with Crippen LogP contribution in [0, 0.1) is 0 Å². The summed E-state index contributed by atoms with van der Waals surface area (Å²) < 4.78 is 0. The van der Waals surface area contributed by atoms with Gasteiger partial charge in [0.2, 0.25) is 0 Å². The highest BCUT2D eigenvalue weighted by Gasteiger charge is 2.24. The average Bonchev–Trinajstić information content (AvgIpc) is 3.27. The summed E-state index contributed by atoms with van der Waals surface area (Å²) >= 11 is 0. The molecular weight excluding hydrogens is 388 g/mol. The number of carbonyl (C=O) groups is 1. The Morgan fingerprint density at radius 2 is 1.87 bits per heavy atom. The number of nitrogens with one attached hydrogen (secondary N) is 2. The Hall–Kier alpha value is -3.61. The molecule has 2 aliphatic rings. The first-order valence-corrected chi connectivity index (χ1v) is 10.9. The van der Waals surface area contributed by atoms with E-state index in [9.17, 15) is 4.79 Å². The Balaban J connectivity index is 1.46. The predicted octanol–water partition coefficient (Wildman–Crippen LogP) is 4.60. The van der Waals surface area contributed by atoms with Crippen molar-refractivity contribution in [3.8, 4) is 11.3 Å². The van der Waals surface area contributed by atoms with Crippen molar-refractivity contribution < 1.29 is 4.79 Å². The summed E-state index contributed by atoms with van der Waals surface area (Å²) in [5, 5.41) is 6.29. The van der Waals surface area contributed by atoms with Gasteiger partial charge in [0.05, 0.1) is 11.4 Å². The number of aromatic nitrogens is 2. The molecule has 1 aromatic carbocycles. The number of pyridine rings is 2. The molecule has 7 heteroatoms. The van der Waals surface area contributed by atoms with E-state index in [1.165, 1.54) is 18.5 Å². The van der Waals surface area contributed by atoms with Gasteiger partial charge in [-0.1, -0.05) is 18.2 Å². The molecule has 2 N–H and O–H groups in total. The second-order valence-corrected chi connectivity index (χ2v) is 7.89. The van der Waals surface area contributed by atoms with E-state index in [0.717, 1.165) is 43.0 Å². The van der Waals surface area contributed by atoms with E-state index >= 15 is 0 Å². The third kappa shape index (κ3) is 4.17. The molecule has 5 rings (SSSR count). The molecule has 3 aromatic rings. The van der Waals surface area contributed by atoms with E-state index in [4.69, 9.17) is 4.98 Å². The Bertz CT molecular complexity index is 1060. The topological polar surface area (TPSA) is 73.4 Å². The van der Waals surface area contributed by atoms with Crippen molar-refractivity contribution in [1.29, 1.82) is 0 Å². The Labute approximate surface area is 182 Å². The van der Waals surface area contributed by atoms with Gasteiger partial charge < -0.3 is 10.2 Å².